The quantitative estimate of drug-likeness (QED) is 0.828. The predicted molar refractivity (Wildman–Crippen MR) is 60.7 cm³/mol. The molecule has 2 rings (SSSR count). The molecule has 2 N–H and O–H groups in total. The lowest BCUT2D eigenvalue weighted by molar-refractivity contribution is 0.193. The first-order valence-corrected chi connectivity index (χ1v) is 5.25. The first-order valence-electron chi connectivity index (χ1n) is 4.45. The van der Waals surface area contributed by atoms with Crippen molar-refractivity contribution in [2.24, 2.45) is 0 Å². The van der Waals surface area contributed by atoms with Crippen molar-refractivity contribution < 1.29 is 5.11 Å². The molecule has 0 saturated heterocycles. The average molecular weight is 269 g/mol. The standard InChI is InChI=1S/C10H9BrN2O2/c1-5(14)9-10(15)13-8-4-6(11)2-3-7(8)12-9/h2-5,14H,1H3,(H,13,15). The minimum absolute atomic E-state index is 0.143. The summed E-state index contributed by atoms with van der Waals surface area (Å²) in [5, 5.41) is 9.33. The van der Waals surface area contributed by atoms with Crippen molar-refractivity contribution in [3.8, 4) is 0 Å². The van der Waals surface area contributed by atoms with Crippen molar-refractivity contribution >= 4 is 27.0 Å². The van der Waals surface area contributed by atoms with Crippen LogP contribution in [0, 0.1) is 0 Å². The molecule has 0 saturated carbocycles. The first kappa shape index (κ1) is 10.3. The van der Waals surface area contributed by atoms with Gasteiger partial charge in [-0.05, 0) is 25.1 Å². The highest BCUT2D eigenvalue weighted by atomic mass is 79.9. The summed E-state index contributed by atoms with van der Waals surface area (Å²) in [6.07, 6.45) is -0.859. The highest BCUT2D eigenvalue weighted by Crippen LogP contribution is 2.16. The SMILES string of the molecule is CC(O)c1nc2ccc(Br)cc2[nH]c1=O. The summed E-state index contributed by atoms with van der Waals surface area (Å²) in [6.45, 7) is 1.52. The van der Waals surface area contributed by atoms with E-state index in [0.29, 0.717) is 11.0 Å². The second kappa shape index (κ2) is 3.75. The first-order chi connectivity index (χ1) is 7.08. The van der Waals surface area contributed by atoms with Crippen LogP contribution >= 0.6 is 15.9 Å². The van der Waals surface area contributed by atoms with Crippen LogP contribution in [0.1, 0.15) is 18.7 Å². The van der Waals surface area contributed by atoms with E-state index in [1.165, 1.54) is 6.92 Å². The van der Waals surface area contributed by atoms with E-state index in [2.05, 4.69) is 25.9 Å². The molecule has 0 aliphatic carbocycles. The van der Waals surface area contributed by atoms with Gasteiger partial charge in [-0.15, -0.1) is 0 Å². The molecule has 4 nitrogen and oxygen atoms in total. The third-order valence-corrected chi connectivity index (χ3v) is 2.57. The van der Waals surface area contributed by atoms with Gasteiger partial charge in [0.25, 0.3) is 5.56 Å². The van der Waals surface area contributed by atoms with Gasteiger partial charge >= 0.3 is 0 Å². The van der Waals surface area contributed by atoms with E-state index in [1.807, 2.05) is 6.07 Å². The molecular formula is C10H9BrN2O2. The zero-order chi connectivity index (χ0) is 11.0. The van der Waals surface area contributed by atoms with Gasteiger partial charge in [-0.25, -0.2) is 4.98 Å². The second-order valence-corrected chi connectivity index (χ2v) is 4.20. The molecule has 1 heterocycles. The van der Waals surface area contributed by atoms with E-state index in [4.69, 9.17) is 0 Å². The minimum Gasteiger partial charge on any atom is -0.387 e. The lowest BCUT2D eigenvalue weighted by Crippen LogP contribution is -2.17. The van der Waals surface area contributed by atoms with Gasteiger partial charge in [-0.1, -0.05) is 15.9 Å². The van der Waals surface area contributed by atoms with Crippen LogP contribution in [0.25, 0.3) is 11.0 Å². The Labute approximate surface area is 94.1 Å². The molecule has 1 aromatic heterocycles. The number of rotatable bonds is 1. The Bertz CT molecular complexity index is 563. The van der Waals surface area contributed by atoms with Crippen molar-refractivity contribution in [2.75, 3.05) is 0 Å². The third-order valence-electron chi connectivity index (χ3n) is 2.08. The summed E-state index contributed by atoms with van der Waals surface area (Å²) in [7, 11) is 0. The molecule has 0 amide bonds. The molecule has 0 spiro atoms. The number of nitrogens with zero attached hydrogens (tertiary/aromatic N) is 1. The Morgan fingerprint density at radius 2 is 2.27 bits per heavy atom. The summed E-state index contributed by atoms with van der Waals surface area (Å²) in [4.78, 5) is 18.3. The maximum Gasteiger partial charge on any atom is 0.272 e. The summed E-state index contributed by atoms with van der Waals surface area (Å²) >= 11 is 3.31. The zero-order valence-electron chi connectivity index (χ0n) is 7.99. The van der Waals surface area contributed by atoms with Crippen LogP contribution in [-0.4, -0.2) is 15.1 Å². The Balaban J connectivity index is 2.76. The Morgan fingerprint density at radius 1 is 1.53 bits per heavy atom. The van der Waals surface area contributed by atoms with E-state index in [1.54, 1.807) is 12.1 Å². The van der Waals surface area contributed by atoms with Gasteiger partial charge in [0.05, 0.1) is 17.1 Å². The van der Waals surface area contributed by atoms with Crippen LogP contribution in [0.3, 0.4) is 0 Å². The van der Waals surface area contributed by atoms with Crippen molar-refractivity contribution in [1.82, 2.24) is 9.97 Å². The number of H-pyrrole nitrogens is 1. The van der Waals surface area contributed by atoms with Crippen LogP contribution in [0.2, 0.25) is 0 Å². The number of nitrogens with one attached hydrogen (secondary N) is 1. The third kappa shape index (κ3) is 1.93. The molecule has 1 atom stereocenters. The Morgan fingerprint density at radius 3 is 2.93 bits per heavy atom. The normalized spacial score (nSPS) is 13.0. The van der Waals surface area contributed by atoms with Gasteiger partial charge in [0, 0.05) is 4.47 Å². The van der Waals surface area contributed by atoms with Gasteiger partial charge < -0.3 is 10.1 Å². The summed E-state index contributed by atoms with van der Waals surface area (Å²) < 4.78 is 0.872. The molecule has 78 valence electrons. The van der Waals surface area contributed by atoms with Crippen LogP contribution in [0.4, 0.5) is 0 Å². The molecule has 5 heteroatoms. The fourth-order valence-corrected chi connectivity index (χ4v) is 1.72. The number of halogens is 1. The van der Waals surface area contributed by atoms with Crippen molar-refractivity contribution in [2.45, 2.75) is 13.0 Å². The molecule has 0 fully saturated rings. The van der Waals surface area contributed by atoms with Gasteiger partial charge in [0.2, 0.25) is 0 Å². The van der Waals surface area contributed by atoms with E-state index in [0.717, 1.165) is 4.47 Å². The summed E-state index contributed by atoms with van der Waals surface area (Å²) in [5.41, 5.74) is 1.10. The number of aliphatic hydroxyl groups is 1. The second-order valence-electron chi connectivity index (χ2n) is 3.29. The van der Waals surface area contributed by atoms with E-state index < -0.39 is 6.10 Å². The molecular weight excluding hydrogens is 260 g/mol. The van der Waals surface area contributed by atoms with Crippen LogP contribution in [0.5, 0.6) is 0 Å². The molecule has 0 radical (unpaired) electrons. The Hall–Kier alpha value is -1.20. The van der Waals surface area contributed by atoms with Crippen molar-refractivity contribution in [3.05, 3.63) is 38.7 Å². The molecule has 0 aliphatic rings. The lowest BCUT2D eigenvalue weighted by atomic mass is 10.2. The molecule has 0 aliphatic heterocycles. The lowest BCUT2D eigenvalue weighted by Gasteiger charge is -2.04. The van der Waals surface area contributed by atoms with Gasteiger partial charge in [-0.2, -0.15) is 0 Å². The number of hydrogen-bond donors (Lipinski definition) is 2. The monoisotopic (exact) mass is 268 g/mol. The minimum atomic E-state index is -0.859. The topological polar surface area (TPSA) is 66.0 Å². The molecule has 2 aromatic rings. The maximum absolute atomic E-state index is 11.5. The Kier molecular flexibility index (Phi) is 2.58. The summed E-state index contributed by atoms with van der Waals surface area (Å²) in [6, 6.07) is 5.39. The van der Waals surface area contributed by atoms with Crippen LogP contribution < -0.4 is 5.56 Å². The zero-order valence-corrected chi connectivity index (χ0v) is 9.58. The highest BCUT2D eigenvalue weighted by Gasteiger charge is 2.09. The van der Waals surface area contributed by atoms with E-state index >= 15 is 0 Å². The predicted octanol–water partition coefficient (Wildman–Crippen LogP) is 1.74. The molecule has 1 unspecified atom stereocenters. The fourth-order valence-electron chi connectivity index (χ4n) is 1.36. The highest BCUT2D eigenvalue weighted by molar-refractivity contribution is 9.10. The van der Waals surface area contributed by atoms with Crippen LogP contribution in [-0.2, 0) is 0 Å². The van der Waals surface area contributed by atoms with E-state index in [9.17, 15) is 9.90 Å². The van der Waals surface area contributed by atoms with Crippen LogP contribution in [0.15, 0.2) is 27.5 Å². The number of hydrogen-bond acceptors (Lipinski definition) is 3. The van der Waals surface area contributed by atoms with Crippen molar-refractivity contribution in [3.63, 3.8) is 0 Å². The number of benzene rings is 1. The molecule has 1 aromatic carbocycles. The molecule has 0 bridgehead atoms. The smallest absolute Gasteiger partial charge is 0.272 e. The van der Waals surface area contributed by atoms with E-state index in [-0.39, 0.29) is 11.3 Å². The number of aliphatic hydroxyl groups excluding tert-OH is 1. The summed E-state index contributed by atoms with van der Waals surface area (Å²) in [5.74, 6) is 0. The number of aromatic nitrogens is 2. The maximum atomic E-state index is 11.5. The van der Waals surface area contributed by atoms with Gasteiger partial charge in [0.1, 0.15) is 5.69 Å². The average Bonchev–Trinajstić information content (AvgIpc) is 2.15. The largest absolute Gasteiger partial charge is 0.387 e. The number of aromatic amines is 1. The van der Waals surface area contributed by atoms with Gasteiger partial charge in [0.15, 0.2) is 0 Å². The number of fused-ring (bicyclic) bond motifs is 1. The molecule has 15 heavy (non-hydrogen) atoms. The van der Waals surface area contributed by atoms with Gasteiger partial charge in [-0.3, -0.25) is 4.79 Å². The van der Waals surface area contributed by atoms with Crippen molar-refractivity contribution in [1.29, 1.82) is 0 Å². The fraction of sp³-hybridized carbons (Fsp3) is 0.200.